The predicted molar refractivity (Wildman–Crippen MR) is 122 cm³/mol. The number of carboxylic acid groups (broad SMARTS) is 1. The first-order valence-electron chi connectivity index (χ1n) is 11.6. The SMILES string of the molecule is N#Cc1ccc(C2CN(C(=O)O)C2)cc1OC1CC2(CC(NC(=O)OCc3ccccc3)C2)C1. The Morgan fingerprint density at radius 3 is 2.53 bits per heavy atom. The second-order valence-corrected chi connectivity index (χ2v) is 9.71. The van der Waals surface area contributed by atoms with Crippen LogP contribution < -0.4 is 10.1 Å². The molecule has 2 saturated carbocycles. The summed E-state index contributed by atoms with van der Waals surface area (Å²) in [5, 5.41) is 21.5. The van der Waals surface area contributed by atoms with Crippen LogP contribution in [0.5, 0.6) is 5.75 Å². The summed E-state index contributed by atoms with van der Waals surface area (Å²) in [4.78, 5) is 24.4. The van der Waals surface area contributed by atoms with E-state index in [0.29, 0.717) is 24.4 Å². The maximum absolute atomic E-state index is 12.1. The minimum Gasteiger partial charge on any atom is -0.489 e. The Morgan fingerprint density at radius 1 is 1.12 bits per heavy atom. The van der Waals surface area contributed by atoms with E-state index in [2.05, 4.69) is 11.4 Å². The van der Waals surface area contributed by atoms with Crippen LogP contribution in [0.15, 0.2) is 48.5 Å². The summed E-state index contributed by atoms with van der Waals surface area (Å²) < 4.78 is 11.5. The Bertz CT molecular complexity index is 1110. The van der Waals surface area contributed by atoms with Crippen molar-refractivity contribution in [2.24, 2.45) is 5.41 Å². The van der Waals surface area contributed by atoms with E-state index in [1.54, 1.807) is 6.07 Å². The van der Waals surface area contributed by atoms with Gasteiger partial charge in [0.2, 0.25) is 0 Å². The van der Waals surface area contributed by atoms with E-state index in [0.717, 1.165) is 36.8 Å². The molecule has 1 aliphatic heterocycles. The van der Waals surface area contributed by atoms with Gasteiger partial charge in [-0.05, 0) is 54.4 Å². The van der Waals surface area contributed by atoms with E-state index < -0.39 is 6.09 Å². The molecular weight excluding hydrogens is 434 g/mol. The van der Waals surface area contributed by atoms with Gasteiger partial charge in [0.15, 0.2) is 0 Å². The lowest BCUT2D eigenvalue weighted by Gasteiger charge is -2.57. The Kier molecular flexibility index (Phi) is 5.78. The normalized spacial score (nSPS) is 25.3. The zero-order chi connectivity index (χ0) is 23.7. The Labute approximate surface area is 198 Å². The van der Waals surface area contributed by atoms with Crippen LogP contribution in [0.2, 0.25) is 0 Å². The van der Waals surface area contributed by atoms with Gasteiger partial charge in [0.05, 0.1) is 11.7 Å². The molecule has 0 radical (unpaired) electrons. The molecule has 3 aliphatic rings. The van der Waals surface area contributed by atoms with Crippen LogP contribution >= 0.6 is 0 Å². The topological polar surface area (TPSA) is 112 Å². The fourth-order valence-corrected chi connectivity index (χ4v) is 5.35. The molecule has 5 rings (SSSR count). The van der Waals surface area contributed by atoms with Gasteiger partial charge in [0.1, 0.15) is 18.4 Å². The Morgan fingerprint density at radius 2 is 1.85 bits per heavy atom. The van der Waals surface area contributed by atoms with Crippen LogP contribution in [0, 0.1) is 16.7 Å². The number of nitrogens with one attached hydrogen (secondary N) is 1. The second-order valence-electron chi connectivity index (χ2n) is 9.71. The third-order valence-electron chi connectivity index (χ3n) is 7.26. The Hall–Kier alpha value is -3.73. The molecule has 2 aromatic rings. The van der Waals surface area contributed by atoms with E-state index in [9.17, 15) is 14.9 Å². The van der Waals surface area contributed by atoms with E-state index >= 15 is 0 Å². The number of likely N-dealkylation sites (tertiary alicyclic amines) is 1. The quantitative estimate of drug-likeness (QED) is 0.665. The van der Waals surface area contributed by atoms with Crippen LogP contribution in [0.4, 0.5) is 9.59 Å². The van der Waals surface area contributed by atoms with Crippen molar-refractivity contribution in [2.75, 3.05) is 13.1 Å². The largest absolute Gasteiger partial charge is 0.489 e. The van der Waals surface area contributed by atoms with Crippen molar-refractivity contribution in [3.63, 3.8) is 0 Å². The lowest BCUT2D eigenvalue weighted by Crippen LogP contribution is -2.58. The maximum atomic E-state index is 12.1. The Balaban J connectivity index is 1.07. The van der Waals surface area contributed by atoms with Gasteiger partial charge in [-0.1, -0.05) is 36.4 Å². The first-order chi connectivity index (χ1) is 16.4. The number of nitriles is 1. The summed E-state index contributed by atoms with van der Waals surface area (Å²) >= 11 is 0. The number of ether oxygens (including phenoxy) is 2. The first-order valence-corrected chi connectivity index (χ1v) is 11.6. The zero-order valence-corrected chi connectivity index (χ0v) is 18.8. The summed E-state index contributed by atoms with van der Waals surface area (Å²) in [5.41, 5.74) is 2.65. The molecule has 0 bridgehead atoms. The van der Waals surface area contributed by atoms with Gasteiger partial charge in [0, 0.05) is 25.0 Å². The van der Waals surface area contributed by atoms with E-state index in [1.165, 1.54) is 4.90 Å². The highest BCUT2D eigenvalue weighted by molar-refractivity contribution is 5.68. The van der Waals surface area contributed by atoms with Gasteiger partial charge >= 0.3 is 12.2 Å². The molecule has 1 spiro atoms. The summed E-state index contributed by atoms with van der Waals surface area (Å²) in [5.74, 6) is 0.714. The maximum Gasteiger partial charge on any atom is 0.407 e. The molecule has 2 amide bonds. The molecule has 8 heteroatoms. The molecule has 34 heavy (non-hydrogen) atoms. The number of benzene rings is 2. The molecule has 2 aliphatic carbocycles. The van der Waals surface area contributed by atoms with E-state index in [1.807, 2.05) is 42.5 Å². The van der Waals surface area contributed by atoms with Gasteiger partial charge in [-0.2, -0.15) is 5.26 Å². The lowest BCUT2D eigenvalue weighted by atomic mass is 9.53. The molecule has 2 aromatic carbocycles. The summed E-state index contributed by atoms with van der Waals surface area (Å²) in [6.45, 7) is 1.20. The third-order valence-corrected chi connectivity index (χ3v) is 7.26. The van der Waals surface area contributed by atoms with Crippen LogP contribution in [0.1, 0.15) is 48.3 Å². The van der Waals surface area contributed by atoms with Crippen molar-refractivity contribution in [1.29, 1.82) is 5.26 Å². The third kappa shape index (κ3) is 4.51. The zero-order valence-electron chi connectivity index (χ0n) is 18.8. The van der Waals surface area contributed by atoms with Crippen LogP contribution in [0.3, 0.4) is 0 Å². The van der Waals surface area contributed by atoms with Crippen LogP contribution in [0.25, 0.3) is 0 Å². The van der Waals surface area contributed by atoms with Crippen molar-refractivity contribution in [2.45, 2.75) is 50.4 Å². The number of alkyl carbamates (subject to hydrolysis) is 1. The second kappa shape index (κ2) is 8.90. The minimum atomic E-state index is -0.904. The number of hydrogen-bond donors (Lipinski definition) is 2. The average molecular weight is 462 g/mol. The molecule has 0 aromatic heterocycles. The molecule has 3 fully saturated rings. The smallest absolute Gasteiger partial charge is 0.407 e. The van der Waals surface area contributed by atoms with Gasteiger partial charge < -0.3 is 24.8 Å². The van der Waals surface area contributed by atoms with Crippen molar-refractivity contribution in [3.8, 4) is 11.8 Å². The van der Waals surface area contributed by atoms with Crippen molar-refractivity contribution in [3.05, 3.63) is 65.2 Å². The monoisotopic (exact) mass is 461 g/mol. The number of hydrogen-bond acceptors (Lipinski definition) is 5. The van der Waals surface area contributed by atoms with Gasteiger partial charge in [-0.3, -0.25) is 0 Å². The van der Waals surface area contributed by atoms with Crippen LogP contribution in [-0.2, 0) is 11.3 Å². The number of nitrogens with zero attached hydrogens (tertiary/aromatic N) is 2. The summed E-state index contributed by atoms with van der Waals surface area (Å²) in [7, 11) is 0. The predicted octanol–water partition coefficient (Wildman–Crippen LogP) is 4.25. The standard InChI is InChI=1S/C26H27N3O5/c27-13-19-7-6-18(20-14-29(15-20)25(31)32)8-23(19)34-22-11-26(12-22)9-21(10-26)28-24(30)33-16-17-4-2-1-3-5-17/h1-8,20-22H,9-12,14-16H2,(H,28,30)(H,31,32). The number of carbonyl (C=O) groups is 2. The average Bonchev–Trinajstić information content (AvgIpc) is 2.74. The lowest BCUT2D eigenvalue weighted by molar-refractivity contribution is -0.0844. The molecule has 1 heterocycles. The molecule has 8 nitrogen and oxygen atoms in total. The molecule has 0 unspecified atom stereocenters. The van der Waals surface area contributed by atoms with Crippen LogP contribution in [-0.4, -0.2) is 47.4 Å². The number of carbonyl (C=O) groups excluding carboxylic acids is 1. The summed E-state index contributed by atoms with van der Waals surface area (Å²) in [6, 6.07) is 17.4. The van der Waals surface area contributed by atoms with Crippen molar-refractivity contribution in [1.82, 2.24) is 10.2 Å². The fraction of sp³-hybridized carbons (Fsp3) is 0.423. The van der Waals surface area contributed by atoms with E-state index in [-0.39, 0.29) is 36.2 Å². The molecule has 1 saturated heterocycles. The van der Waals surface area contributed by atoms with E-state index in [4.69, 9.17) is 14.6 Å². The number of rotatable bonds is 6. The van der Waals surface area contributed by atoms with Gasteiger partial charge in [0.25, 0.3) is 0 Å². The molecule has 176 valence electrons. The fourth-order valence-electron chi connectivity index (χ4n) is 5.35. The van der Waals surface area contributed by atoms with Gasteiger partial charge in [-0.15, -0.1) is 0 Å². The highest BCUT2D eigenvalue weighted by Gasteiger charge is 2.54. The highest BCUT2D eigenvalue weighted by atomic mass is 16.5. The minimum absolute atomic E-state index is 0.0465. The summed E-state index contributed by atoms with van der Waals surface area (Å²) in [6.07, 6.45) is 2.37. The molecule has 0 atom stereocenters. The van der Waals surface area contributed by atoms with Crippen molar-refractivity contribution >= 4 is 12.2 Å². The van der Waals surface area contributed by atoms with Crippen molar-refractivity contribution < 1.29 is 24.2 Å². The number of amides is 2. The first kappa shape index (κ1) is 22.1. The molecule has 2 N–H and O–H groups in total. The highest BCUT2D eigenvalue weighted by Crippen LogP contribution is 2.57. The molecular formula is C26H27N3O5. The van der Waals surface area contributed by atoms with Gasteiger partial charge in [-0.25, -0.2) is 9.59 Å².